The van der Waals surface area contributed by atoms with E-state index in [4.69, 9.17) is 14.5 Å². The highest BCUT2D eigenvalue weighted by Gasteiger charge is 2.23. The van der Waals surface area contributed by atoms with E-state index in [2.05, 4.69) is 38.4 Å². The standard InChI is InChI=1S/C16H28N2O2S/c1-5-6-17-12(10-15-19-7-8-20-15)9-14-18-13(11-21-14)16(2,3)4/h11-12,15,17H,5-10H2,1-4H3. The first-order valence-electron chi connectivity index (χ1n) is 7.90. The normalized spacial score (nSPS) is 18.3. The minimum absolute atomic E-state index is 0.0543. The minimum atomic E-state index is -0.0543. The predicted octanol–water partition coefficient (Wildman–Crippen LogP) is 3.11. The summed E-state index contributed by atoms with van der Waals surface area (Å²) in [6.07, 6.45) is 2.92. The molecule has 120 valence electrons. The summed E-state index contributed by atoms with van der Waals surface area (Å²) in [6.45, 7) is 11.3. The monoisotopic (exact) mass is 312 g/mol. The van der Waals surface area contributed by atoms with Crippen molar-refractivity contribution < 1.29 is 9.47 Å². The number of nitrogens with one attached hydrogen (secondary N) is 1. The Morgan fingerprint density at radius 2 is 2.10 bits per heavy atom. The smallest absolute Gasteiger partial charge is 0.159 e. The molecule has 0 spiro atoms. The third-order valence-corrected chi connectivity index (χ3v) is 4.46. The lowest BCUT2D eigenvalue weighted by Crippen LogP contribution is -2.35. The van der Waals surface area contributed by atoms with Gasteiger partial charge in [0.2, 0.25) is 0 Å². The van der Waals surface area contributed by atoms with Crippen molar-refractivity contribution in [1.29, 1.82) is 0 Å². The summed E-state index contributed by atoms with van der Waals surface area (Å²) in [7, 11) is 0. The third-order valence-electron chi connectivity index (χ3n) is 3.59. The minimum Gasteiger partial charge on any atom is -0.350 e. The predicted molar refractivity (Wildman–Crippen MR) is 86.9 cm³/mol. The average molecular weight is 312 g/mol. The molecule has 0 bridgehead atoms. The largest absolute Gasteiger partial charge is 0.350 e. The maximum absolute atomic E-state index is 5.58. The first-order valence-corrected chi connectivity index (χ1v) is 8.78. The molecule has 1 aromatic rings. The van der Waals surface area contributed by atoms with Crippen molar-refractivity contribution in [2.45, 2.75) is 64.7 Å². The van der Waals surface area contributed by atoms with E-state index < -0.39 is 0 Å². The molecule has 1 saturated heterocycles. The number of nitrogens with zero attached hydrogens (tertiary/aromatic N) is 1. The molecule has 0 aromatic carbocycles. The fourth-order valence-corrected chi connectivity index (χ4v) is 3.43. The molecule has 1 atom stereocenters. The van der Waals surface area contributed by atoms with Gasteiger partial charge in [0.05, 0.1) is 23.9 Å². The summed E-state index contributed by atoms with van der Waals surface area (Å²) in [6, 6.07) is 0.368. The Balaban J connectivity index is 1.94. The highest BCUT2D eigenvalue weighted by atomic mass is 32.1. The molecule has 0 amide bonds. The summed E-state index contributed by atoms with van der Waals surface area (Å²) in [5, 5.41) is 6.99. The molecular weight excluding hydrogens is 284 g/mol. The Morgan fingerprint density at radius 1 is 1.38 bits per heavy atom. The second-order valence-electron chi connectivity index (χ2n) is 6.64. The van der Waals surface area contributed by atoms with E-state index in [9.17, 15) is 0 Å². The van der Waals surface area contributed by atoms with Crippen molar-refractivity contribution in [1.82, 2.24) is 10.3 Å². The number of thiazole rings is 1. The molecular formula is C16H28N2O2S. The molecule has 1 aliphatic rings. The Bertz CT molecular complexity index is 422. The van der Waals surface area contributed by atoms with Gasteiger partial charge in [-0.05, 0) is 13.0 Å². The molecule has 1 aromatic heterocycles. The lowest BCUT2D eigenvalue weighted by Gasteiger charge is -2.20. The van der Waals surface area contributed by atoms with Crippen molar-refractivity contribution in [3.05, 3.63) is 16.1 Å². The SMILES string of the molecule is CCCNC(Cc1nc(C(C)(C)C)cs1)CC1OCCO1. The van der Waals surface area contributed by atoms with Gasteiger partial charge in [-0.1, -0.05) is 27.7 Å². The van der Waals surface area contributed by atoms with Gasteiger partial charge < -0.3 is 14.8 Å². The highest BCUT2D eigenvalue weighted by molar-refractivity contribution is 7.09. The van der Waals surface area contributed by atoms with E-state index in [1.807, 2.05) is 0 Å². The molecule has 2 heterocycles. The summed E-state index contributed by atoms with van der Waals surface area (Å²) in [5.41, 5.74) is 1.31. The van der Waals surface area contributed by atoms with Crippen molar-refractivity contribution >= 4 is 11.3 Å². The number of ether oxygens (including phenoxy) is 2. The molecule has 1 N–H and O–H groups in total. The molecule has 5 heteroatoms. The van der Waals surface area contributed by atoms with Crippen LogP contribution in [0.4, 0.5) is 0 Å². The van der Waals surface area contributed by atoms with Crippen LogP contribution in [0, 0.1) is 0 Å². The van der Waals surface area contributed by atoms with Gasteiger partial charge in [0, 0.05) is 29.7 Å². The van der Waals surface area contributed by atoms with Gasteiger partial charge in [-0.3, -0.25) is 0 Å². The number of aromatic nitrogens is 1. The van der Waals surface area contributed by atoms with Crippen LogP contribution in [0.3, 0.4) is 0 Å². The van der Waals surface area contributed by atoms with Crippen LogP contribution in [0.5, 0.6) is 0 Å². The zero-order chi connectivity index (χ0) is 15.3. The average Bonchev–Trinajstić information content (AvgIpc) is 3.06. The lowest BCUT2D eigenvalue weighted by molar-refractivity contribution is -0.0526. The topological polar surface area (TPSA) is 43.4 Å². The highest BCUT2D eigenvalue weighted by Crippen LogP contribution is 2.25. The Kier molecular flexibility index (Phi) is 6.17. The van der Waals surface area contributed by atoms with Gasteiger partial charge in [-0.25, -0.2) is 4.98 Å². The van der Waals surface area contributed by atoms with Crippen LogP contribution in [0.2, 0.25) is 0 Å². The molecule has 1 fully saturated rings. The van der Waals surface area contributed by atoms with Gasteiger partial charge in [0.15, 0.2) is 6.29 Å². The second kappa shape index (κ2) is 7.68. The van der Waals surface area contributed by atoms with E-state index in [-0.39, 0.29) is 11.7 Å². The summed E-state index contributed by atoms with van der Waals surface area (Å²) < 4.78 is 11.2. The maximum Gasteiger partial charge on any atom is 0.159 e. The molecule has 1 aliphatic heterocycles. The van der Waals surface area contributed by atoms with E-state index in [0.717, 1.165) is 39.0 Å². The van der Waals surface area contributed by atoms with Gasteiger partial charge in [-0.2, -0.15) is 0 Å². The van der Waals surface area contributed by atoms with Gasteiger partial charge in [0.1, 0.15) is 0 Å². The lowest BCUT2D eigenvalue weighted by atomic mass is 9.93. The van der Waals surface area contributed by atoms with Crippen LogP contribution in [0.25, 0.3) is 0 Å². The quantitative estimate of drug-likeness (QED) is 0.840. The van der Waals surface area contributed by atoms with Gasteiger partial charge >= 0.3 is 0 Å². The van der Waals surface area contributed by atoms with Crippen LogP contribution in [-0.2, 0) is 21.3 Å². The first kappa shape index (κ1) is 16.9. The molecule has 21 heavy (non-hydrogen) atoms. The van der Waals surface area contributed by atoms with Gasteiger partial charge in [-0.15, -0.1) is 11.3 Å². The van der Waals surface area contributed by atoms with Gasteiger partial charge in [0.25, 0.3) is 0 Å². The summed E-state index contributed by atoms with van der Waals surface area (Å²) in [5.74, 6) is 0. The second-order valence-corrected chi connectivity index (χ2v) is 7.58. The third kappa shape index (κ3) is 5.33. The maximum atomic E-state index is 5.58. The Hall–Kier alpha value is -0.490. The number of rotatable bonds is 7. The molecule has 0 radical (unpaired) electrons. The van der Waals surface area contributed by atoms with Crippen molar-refractivity contribution in [3.63, 3.8) is 0 Å². The van der Waals surface area contributed by atoms with Crippen LogP contribution in [0.1, 0.15) is 51.2 Å². The zero-order valence-corrected chi connectivity index (χ0v) is 14.5. The van der Waals surface area contributed by atoms with Crippen molar-refractivity contribution in [3.8, 4) is 0 Å². The van der Waals surface area contributed by atoms with Crippen LogP contribution >= 0.6 is 11.3 Å². The first-order chi connectivity index (χ1) is 9.99. The van der Waals surface area contributed by atoms with E-state index >= 15 is 0 Å². The van der Waals surface area contributed by atoms with Crippen molar-refractivity contribution in [2.75, 3.05) is 19.8 Å². The van der Waals surface area contributed by atoms with E-state index in [1.165, 1.54) is 10.7 Å². The number of hydrogen-bond acceptors (Lipinski definition) is 5. The molecule has 0 aliphatic carbocycles. The Labute approximate surface area is 132 Å². The molecule has 2 rings (SSSR count). The Morgan fingerprint density at radius 3 is 2.67 bits per heavy atom. The summed E-state index contributed by atoms with van der Waals surface area (Å²) >= 11 is 1.76. The summed E-state index contributed by atoms with van der Waals surface area (Å²) in [4.78, 5) is 4.80. The van der Waals surface area contributed by atoms with Crippen molar-refractivity contribution in [2.24, 2.45) is 0 Å². The fourth-order valence-electron chi connectivity index (χ4n) is 2.32. The number of hydrogen-bond donors (Lipinski definition) is 1. The van der Waals surface area contributed by atoms with Crippen LogP contribution in [-0.4, -0.2) is 37.1 Å². The van der Waals surface area contributed by atoms with Crippen LogP contribution < -0.4 is 5.32 Å². The molecule has 4 nitrogen and oxygen atoms in total. The van der Waals surface area contributed by atoms with E-state index in [0.29, 0.717) is 6.04 Å². The fraction of sp³-hybridized carbons (Fsp3) is 0.812. The van der Waals surface area contributed by atoms with E-state index in [1.54, 1.807) is 11.3 Å². The zero-order valence-electron chi connectivity index (χ0n) is 13.6. The molecule has 1 unspecified atom stereocenters. The van der Waals surface area contributed by atoms with Crippen LogP contribution in [0.15, 0.2) is 5.38 Å². The molecule has 0 saturated carbocycles.